The van der Waals surface area contributed by atoms with E-state index < -0.39 is 6.10 Å². The van der Waals surface area contributed by atoms with Gasteiger partial charge in [0.15, 0.2) is 0 Å². The maximum absolute atomic E-state index is 9.18. The highest BCUT2D eigenvalue weighted by molar-refractivity contribution is 5.26. The summed E-state index contributed by atoms with van der Waals surface area (Å²) in [4.78, 5) is 0. The largest absolute Gasteiger partial charge is 0.393 e. The van der Waals surface area contributed by atoms with Gasteiger partial charge in [0.25, 0.3) is 0 Å². The molecule has 0 aliphatic rings. The summed E-state index contributed by atoms with van der Waals surface area (Å²) in [6.07, 6.45) is -0.781. The summed E-state index contributed by atoms with van der Waals surface area (Å²) in [5, 5.41) is 17.8. The van der Waals surface area contributed by atoms with Crippen molar-refractivity contribution in [1.29, 1.82) is 0 Å². The quantitative estimate of drug-likeness (QED) is 0.659. The fourth-order valence-corrected chi connectivity index (χ4v) is 0.906. The van der Waals surface area contributed by atoms with Crippen LogP contribution in [-0.2, 0) is 0 Å². The third kappa shape index (κ3) is 2.03. The van der Waals surface area contributed by atoms with Crippen molar-refractivity contribution in [2.75, 3.05) is 6.61 Å². The van der Waals surface area contributed by atoms with E-state index in [1.807, 2.05) is 6.07 Å². The molecular weight excluding hydrogens is 140 g/mol. The maximum Gasteiger partial charge on any atom is 0.102 e. The van der Waals surface area contributed by atoms with Gasteiger partial charge in [0, 0.05) is 0 Å². The van der Waals surface area contributed by atoms with Gasteiger partial charge >= 0.3 is 0 Å². The van der Waals surface area contributed by atoms with Gasteiger partial charge in [0.05, 0.1) is 6.61 Å². The van der Waals surface area contributed by atoms with E-state index >= 15 is 0 Å². The normalized spacial score (nSPS) is 13.0. The van der Waals surface area contributed by atoms with Gasteiger partial charge in [-0.25, -0.2) is 0 Å². The molecule has 0 aliphatic carbocycles. The summed E-state index contributed by atoms with van der Waals surface area (Å²) in [5.74, 6) is 0. The molecule has 0 fully saturated rings. The van der Waals surface area contributed by atoms with Gasteiger partial charge in [0.2, 0.25) is 0 Å². The Morgan fingerprint density at radius 2 is 2.18 bits per heavy atom. The lowest BCUT2D eigenvalue weighted by molar-refractivity contribution is 0.0956. The maximum atomic E-state index is 9.18. The first-order valence-corrected chi connectivity index (χ1v) is 3.45. The highest BCUT2D eigenvalue weighted by Gasteiger charge is 2.03. The van der Waals surface area contributed by atoms with Crippen LogP contribution in [0.25, 0.3) is 0 Å². The van der Waals surface area contributed by atoms with E-state index in [0.29, 0.717) is 5.56 Å². The van der Waals surface area contributed by atoms with E-state index in [0.717, 1.165) is 5.56 Å². The molecule has 0 saturated carbocycles. The van der Waals surface area contributed by atoms with E-state index in [-0.39, 0.29) is 6.61 Å². The molecule has 2 heteroatoms. The Balaban J connectivity index is 2.86. The number of aliphatic hydroxyl groups excluding tert-OH is 2. The second kappa shape index (κ2) is 3.51. The van der Waals surface area contributed by atoms with E-state index in [4.69, 9.17) is 5.11 Å². The molecular formula is C9H11O2. The fourth-order valence-electron chi connectivity index (χ4n) is 0.906. The van der Waals surface area contributed by atoms with Crippen molar-refractivity contribution >= 4 is 0 Å². The van der Waals surface area contributed by atoms with Gasteiger partial charge in [0.1, 0.15) is 6.10 Å². The van der Waals surface area contributed by atoms with Gasteiger partial charge in [-0.05, 0) is 18.1 Å². The van der Waals surface area contributed by atoms with Crippen LogP contribution in [0.5, 0.6) is 0 Å². The lowest BCUT2D eigenvalue weighted by atomic mass is 10.1. The van der Waals surface area contributed by atoms with E-state index in [1.54, 1.807) is 18.2 Å². The van der Waals surface area contributed by atoms with Crippen molar-refractivity contribution < 1.29 is 10.2 Å². The van der Waals surface area contributed by atoms with Crippen LogP contribution in [0.2, 0.25) is 0 Å². The minimum Gasteiger partial charge on any atom is -0.393 e. The topological polar surface area (TPSA) is 40.5 Å². The molecule has 0 bridgehead atoms. The van der Waals surface area contributed by atoms with Crippen molar-refractivity contribution in [2.45, 2.75) is 6.10 Å². The number of aliphatic hydroxyl groups is 2. The summed E-state index contributed by atoms with van der Waals surface area (Å²) in [5.41, 5.74) is 1.55. The molecule has 1 aromatic rings. The van der Waals surface area contributed by atoms with Crippen LogP contribution in [0.15, 0.2) is 24.3 Å². The predicted molar refractivity (Wildman–Crippen MR) is 42.9 cm³/mol. The van der Waals surface area contributed by atoms with Gasteiger partial charge in [-0.15, -0.1) is 0 Å². The Labute approximate surface area is 66.1 Å². The molecule has 0 amide bonds. The number of hydrogen-bond acceptors (Lipinski definition) is 2. The van der Waals surface area contributed by atoms with Crippen LogP contribution in [0.3, 0.4) is 0 Å². The van der Waals surface area contributed by atoms with Crippen molar-refractivity contribution in [3.63, 3.8) is 0 Å². The molecule has 1 radical (unpaired) electrons. The molecule has 2 N–H and O–H groups in total. The summed E-state index contributed by atoms with van der Waals surface area (Å²) in [6, 6.07) is 7.15. The Morgan fingerprint density at radius 1 is 1.45 bits per heavy atom. The SMILES string of the molecule is [CH2]c1cccc(C(O)CO)c1. The van der Waals surface area contributed by atoms with Gasteiger partial charge in [-0.2, -0.15) is 0 Å². The molecule has 0 saturated heterocycles. The Bertz CT molecular complexity index is 233. The molecule has 0 spiro atoms. The van der Waals surface area contributed by atoms with Crippen molar-refractivity contribution in [2.24, 2.45) is 0 Å². The van der Waals surface area contributed by atoms with Crippen molar-refractivity contribution in [3.05, 3.63) is 42.3 Å². The molecule has 59 valence electrons. The zero-order chi connectivity index (χ0) is 8.27. The standard InChI is InChI=1S/C9H11O2/c1-7-3-2-4-8(5-7)9(11)6-10/h2-5,9-11H,1,6H2. The minimum atomic E-state index is -0.781. The molecule has 0 aliphatic heterocycles. The molecule has 1 unspecified atom stereocenters. The smallest absolute Gasteiger partial charge is 0.102 e. The van der Waals surface area contributed by atoms with Crippen LogP contribution >= 0.6 is 0 Å². The van der Waals surface area contributed by atoms with Crippen LogP contribution in [0.4, 0.5) is 0 Å². The molecule has 11 heavy (non-hydrogen) atoms. The van der Waals surface area contributed by atoms with Crippen molar-refractivity contribution in [1.82, 2.24) is 0 Å². The Morgan fingerprint density at radius 3 is 2.73 bits per heavy atom. The highest BCUT2D eigenvalue weighted by Crippen LogP contribution is 2.12. The van der Waals surface area contributed by atoms with Gasteiger partial charge in [-0.3, -0.25) is 0 Å². The first-order chi connectivity index (χ1) is 5.24. The third-order valence-corrected chi connectivity index (χ3v) is 1.51. The first-order valence-electron chi connectivity index (χ1n) is 3.45. The predicted octanol–water partition coefficient (Wildman–Crippen LogP) is 0.894. The first kappa shape index (κ1) is 8.24. The monoisotopic (exact) mass is 151 g/mol. The van der Waals surface area contributed by atoms with Crippen LogP contribution in [0, 0.1) is 6.92 Å². The number of rotatable bonds is 2. The summed E-state index contributed by atoms with van der Waals surface area (Å²) in [7, 11) is 0. The van der Waals surface area contributed by atoms with Crippen LogP contribution in [-0.4, -0.2) is 16.8 Å². The van der Waals surface area contributed by atoms with Gasteiger partial charge in [-0.1, -0.05) is 24.3 Å². The molecule has 0 heterocycles. The second-order valence-corrected chi connectivity index (χ2v) is 2.44. The Kier molecular flexibility index (Phi) is 2.63. The van der Waals surface area contributed by atoms with Crippen LogP contribution in [0.1, 0.15) is 17.2 Å². The second-order valence-electron chi connectivity index (χ2n) is 2.44. The highest BCUT2D eigenvalue weighted by atomic mass is 16.3. The number of hydrogen-bond donors (Lipinski definition) is 2. The van der Waals surface area contributed by atoms with E-state index in [1.165, 1.54) is 0 Å². The van der Waals surface area contributed by atoms with Crippen LogP contribution < -0.4 is 0 Å². The van der Waals surface area contributed by atoms with E-state index in [2.05, 4.69) is 6.92 Å². The minimum absolute atomic E-state index is 0.247. The average Bonchev–Trinajstić information content (AvgIpc) is 2.03. The lowest BCUT2D eigenvalue weighted by Crippen LogP contribution is -2.01. The summed E-state index contributed by atoms with van der Waals surface area (Å²) < 4.78 is 0. The fraction of sp³-hybridized carbons (Fsp3) is 0.222. The average molecular weight is 151 g/mol. The van der Waals surface area contributed by atoms with Crippen molar-refractivity contribution in [3.8, 4) is 0 Å². The van der Waals surface area contributed by atoms with Gasteiger partial charge < -0.3 is 10.2 Å². The lowest BCUT2D eigenvalue weighted by Gasteiger charge is -2.06. The summed E-state index contributed by atoms with van der Waals surface area (Å²) >= 11 is 0. The Hall–Kier alpha value is -0.860. The molecule has 0 aromatic heterocycles. The summed E-state index contributed by atoms with van der Waals surface area (Å²) in [6.45, 7) is 3.46. The van der Waals surface area contributed by atoms with E-state index in [9.17, 15) is 5.11 Å². The molecule has 1 rings (SSSR count). The molecule has 1 atom stereocenters. The molecule has 1 aromatic carbocycles. The zero-order valence-electron chi connectivity index (χ0n) is 6.20. The third-order valence-electron chi connectivity index (χ3n) is 1.51. The number of benzene rings is 1. The zero-order valence-corrected chi connectivity index (χ0v) is 6.20. The molecule has 2 nitrogen and oxygen atoms in total.